The Morgan fingerprint density at radius 1 is 1.21 bits per heavy atom. The van der Waals surface area contributed by atoms with Crippen LogP contribution in [0.25, 0.3) is 10.2 Å². The minimum Gasteiger partial charge on any atom is -0.469 e. The van der Waals surface area contributed by atoms with Gasteiger partial charge in [-0.1, -0.05) is 12.1 Å². The number of rotatable bonds is 5. The normalized spacial score (nSPS) is 10.9. The quantitative estimate of drug-likeness (QED) is 0.711. The van der Waals surface area contributed by atoms with E-state index in [0.717, 1.165) is 21.0 Å². The van der Waals surface area contributed by atoms with Crippen LogP contribution in [-0.2, 0) is 17.6 Å². The summed E-state index contributed by atoms with van der Waals surface area (Å²) >= 11 is 1.59. The van der Waals surface area contributed by atoms with Gasteiger partial charge in [0.25, 0.3) is 0 Å². The second-order valence-corrected chi connectivity index (χ2v) is 5.49. The number of carbonyl (C=O) groups is 1. The Kier molecular flexibility index (Phi) is 3.42. The average Bonchev–Trinajstić information content (AvgIpc) is 3.04. The summed E-state index contributed by atoms with van der Waals surface area (Å²) in [5, 5.41) is 0.894. The Hall–Kier alpha value is -1.94. The van der Waals surface area contributed by atoms with Crippen LogP contribution in [0, 0.1) is 0 Å². The maximum absolute atomic E-state index is 11.9. The number of carbonyl (C=O) groups excluding carboxylic acids is 1. The zero-order chi connectivity index (χ0) is 13.1. The molecule has 3 rings (SSSR count). The number of Topliss-reactive ketones (excluding diaryl/α,β-unsaturated/α-hetero) is 1. The number of hydrogen-bond acceptors (Lipinski definition) is 4. The van der Waals surface area contributed by atoms with Crippen LogP contribution < -0.4 is 0 Å². The van der Waals surface area contributed by atoms with Crippen LogP contribution in [0.4, 0.5) is 0 Å². The van der Waals surface area contributed by atoms with Gasteiger partial charge in [-0.2, -0.15) is 0 Å². The summed E-state index contributed by atoms with van der Waals surface area (Å²) in [6.45, 7) is 0. The van der Waals surface area contributed by atoms with Gasteiger partial charge >= 0.3 is 0 Å². The lowest BCUT2D eigenvalue weighted by atomic mass is 10.1. The van der Waals surface area contributed by atoms with Crippen molar-refractivity contribution in [1.29, 1.82) is 0 Å². The highest BCUT2D eigenvalue weighted by molar-refractivity contribution is 7.18. The fourth-order valence-corrected chi connectivity index (χ4v) is 2.97. The van der Waals surface area contributed by atoms with Gasteiger partial charge in [-0.3, -0.25) is 4.79 Å². The van der Waals surface area contributed by atoms with E-state index in [-0.39, 0.29) is 5.78 Å². The summed E-state index contributed by atoms with van der Waals surface area (Å²) in [7, 11) is 0. The van der Waals surface area contributed by atoms with Gasteiger partial charge in [-0.25, -0.2) is 4.98 Å². The van der Waals surface area contributed by atoms with E-state index in [1.807, 2.05) is 36.4 Å². The number of ketones is 1. The number of nitrogens with zero attached hydrogens (tertiary/aromatic N) is 1. The maximum Gasteiger partial charge on any atom is 0.140 e. The van der Waals surface area contributed by atoms with Crippen molar-refractivity contribution in [1.82, 2.24) is 4.98 Å². The summed E-state index contributed by atoms with van der Waals surface area (Å²) in [5.41, 5.74) is 0.973. The third-order valence-electron chi connectivity index (χ3n) is 2.92. The van der Waals surface area contributed by atoms with Gasteiger partial charge in [0.1, 0.15) is 16.6 Å². The van der Waals surface area contributed by atoms with Gasteiger partial charge in [-0.05, 0) is 24.3 Å². The van der Waals surface area contributed by atoms with Crippen LogP contribution in [-0.4, -0.2) is 10.8 Å². The van der Waals surface area contributed by atoms with E-state index in [1.165, 1.54) is 0 Å². The van der Waals surface area contributed by atoms with Crippen molar-refractivity contribution in [3.63, 3.8) is 0 Å². The summed E-state index contributed by atoms with van der Waals surface area (Å²) < 4.78 is 6.35. The molecule has 0 atom stereocenters. The standard InChI is InChI=1S/C15H13NO2S/c17-11(7-8-12-4-3-9-18-12)10-15-16-13-5-1-2-6-14(13)19-15/h1-6,9H,7-8,10H2. The topological polar surface area (TPSA) is 43.1 Å². The lowest BCUT2D eigenvalue weighted by molar-refractivity contribution is -0.118. The lowest BCUT2D eigenvalue weighted by Crippen LogP contribution is -2.03. The summed E-state index contributed by atoms with van der Waals surface area (Å²) in [6.07, 6.45) is 3.22. The van der Waals surface area contributed by atoms with Crippen LogP contribution in [0.2, 0.25) is 0 Å². The second kappa shape index (κ2) is 5.36. The first-order valence-corrected chi connectivity index (χ1v) is 7.01. The van der Waals surface area contributed by atoms with Crippen LogP contribution in [0.15, 0.2) is 47.1 Å². The predicted octanol–water partition coefficient (Wildman–Crippen LogP) is 3.63. The van der Waals surface area contributed by atoms with Crippen LogP contribution >= 0.6 is 11.3 Å². The molecule has 19 heavy (non-hydrogen) atoms. The van der Waals surface area contributed by atoms with Crippen LogP contribution in [0.1, 0.15) is 17.2 Å². The maximum atomic E-state index is 11.9. The highest BCUT2D eigenvalue weighted by Gasteiger charge is 2.09. The number of aromatic nitrogens is 1. The average molecular weight is 271 g/mol. The predicted molar refractivity (Wildman–Crippen MR) is 75.4 cm³/mol. The van der Waals surface area contributed by atoms with E-state index in [1.54, 1.807) is 17.6 Å². The van der Waals surface area contributed by atoms with Gasteiger partial charge < -0.3 is 4.42 Å². The lowest BCUT2D eigenvalue weighted by Gasteiger charge is -1.96. The molecule has 1 aromatic carbocycles. The van der Waals surface area contributed by atoms with Crippen molar-refractivity contribution in [3.8, 4) is 0 Å². The van der Waals surface area contributed by atoms with Crippen LogP contribution in [0.3, 0.4) is 0 Å². The van der Waals surface area contributed by atoms with Gasteiger partial charge in [-0.15, -0.1) is 11.3 Å². The number of para-hydroxylation sites is 1. The Morgan fingerprint density at radius 3 is 2.89 bits per heavy atom. The largest absolute Gasteiger partial charge is 0.469 e. The first kappa shape index (κ1) is 12.1. The fourth-order valence-electron chi connectivity index (χ4n) is 1.97. The Morgan fingerprint density at radius 2 is 2.11 bits per heavy atom. The number of furan rings is 1. The molecule has 0 radical (unpaired) electrons. The molecule has 0 aliphatic carbocycles. The van der Waals surface area contributed by atoms with Crippen molar-refractivity contribution in [2.75, 3.05) is 0 Å². The Balaban J connectivity index is 1.62. The smallest absolute Gasteiger partial charge is 0.140 e. The second-order valence-electron chi connectivity index (χ2n) is 4.37. The van der Waals surface area contributed by atoms with Crippen molar-refractivity contribution >= 4 is 27.3 Å². The van der Waals surface area contributed by atoms with Crippen molar-refractivity contribution < 1.29 is 9.21 Å². The molecule has 3 aromatic rings. The number of benzene rings is 1. The van der Waals surface area contributed by atoms with Crippen molar-refractivity contribution in [2.45, 2.75) is 19.3 Å². The van der Waals surface area contributed by atoms with Crippen molar-refractivity contribution in [2.24, 2.45) is 0 Å². The molecule has 0 N–H and O–H groups in total. The first-order chi connectivity index (χ1) is 9.31. The van der Waals surface area contributed by atoms with Gasteiger partial charge in [0.15, 0.2) is 0 Å². The number of thiazole rings is 1. The van der Waals surface area contributed by atoms with Gasteiger partial charge in [0.05, 0.1) is 22.9 Å². The Labute approximate surface area is 114 Å². The molecule has 2 aromatic heterocycles. The summed E-state index contributed by atoms with van der Waals surface area (Å²) in [6, 6.07) is 11.7. The number of aryl methyl sites for hydroxylation is 1. The van der Waals surface area contributed by atoms with E-state index in [9.17, 15) is 4.79 Å². The molecule has 0 bridgehead atoms. The molecular weight excluding hydrogens is 258 g/mol. The van der Waals surface area contributed by atoms with Crippen molar-refractivity contribution in [3.05, 3.63) is 53.4 Å². The minimum atomic E-state index is 0.204. The Bertz CT molecular complexity index is 652. The molecule has 2 heterocycles. The molecule has 0 aliphatic heterocycles. The first-order valence-electron chi connectivity index (χ1n) is 6.20. The van der Waals surface area contributed by atoms with E-state index >= 15 is 0 Å². The minimum absolute atomic E-state index is 0.204. The molecule has 3 nitrogen and oxygen atoms in total. The third-order valence-corrected chi connectivity index (χ3v) is 3.95. The van der Waals surface area contributed by atoms with E-state index in [4.69, 9.17) is 4.42 Å². The van der Waals surface area contributed by atoms with Gasteiger partial charge in [0, 0.05) is 12.8 Å². The molecule has 0 saturated heterocycles. The van der Waals surface area contributed by atoms with E-state index in [2.05, 4.69) is 4.98 Å². The molecule has 0 unspecified atom stereocenters. The fraction of sp³-hybridized carbons (Fsp3) is 0.200. The number of hydrogen-bond donors (Lipinski definition) is 0. The SMILES string of the molecule is O=C(CCc1ccco1)Cc1nc2ccccc2s1. The molecule has 0 fully saturated rings. The molecule has 0 aliphatic rings. The van der Waals surface area contributed by atoms with Crippen LogP contribution in [0.5, 0.6) is 0 Å². The molecule has 96 valence electrons. The zero-order valence-electron chi connectivity index (χ0n) is 10.3. The molecular formula is C15H13NO2S. The summed E-state index contributed by atoms with van der Waals surface area (Å²) in [5.74, 6) is 1.06. The highest BCUT2D eigenvalue weighted by atomic mass is 32.1. The monoisotopic (exact) mass is 271 g/mol. The highest BCUT2D eigenvalue weighted by Crippen LogP contribution is 2.22. The third kappa shape index (κ3) is 2.90. The van der Waals surface area contributed by atoms with E-state index in [0.29, 0.717) is 19.3 Å². The zero-order valence-corrected chi connectivity index (χ0v) is 11.2. The van der Waals surface area contributed by atoms with E-state index < -0.39 is 0 Å². The molecule has 0 spiro atoms. The molecule has 0 saturated carbocycles. The number of fused-ring (bicyclic) bond motifs is 1. The van der Waals surface area contributed by atoms with Gasteiger partial charge in [0.2, 0.25) is 0 Å². The summed E-state index contributed by atoms with van der Waals surface area (Å²) in [4.78, 5) is 16.4. The molecule has 0 amide bonds. The molecule has 4 heteroatoms.